The molecule has 1 aromatic carbocycles. The van der Waals surface area contributed by atoms with Crippen LogP contribution in [0.15, 0.2) is 42.7 Å². The van der Waals surface area contributed by atoms with E-state index in [2.05, 4.69) is 4.98 Å². The van der Waals surface area contributed by atoms with Crippen LogP contribution in [0.4, 0.5) is 17.6 Å². The van der Waals surface area contributed by atoms with E-state index in [1.54, 1.807) is 6.07 Å². The lowest BCUT2D eigenvalue weighted by molar-refractivity contribution is -0.198. The quantitative estimate of drug-likeness (QED) is 0.810. The van der Waals surface area contributed by atoms with E-state index in [9.17, 15) is 17.6 Å². The number of pyridine rings is 1. The third-order valence-corrected chi connectivity index (χ3v) is 2.59. The highest BCUT2D eigenvalue weighted by atomic mass is 19.4. The summed E-state index contributed by atoms with van der Waals surface area (Å²) in [7, 11) is 0. The first-order valence-electron chi connectivity index (χ1n) is 5.75. The second-order valence-corrected chi connectivity index (χ2v) is 4.08. The Balaban J connectivity index is 2.35. The lowest BCUT2D eigenvalue weighted by Crippen LogP contribution is -2.26. The minimum atomic E-state index is -4.73. The molecule has 1 atom stereocenters. The summed E-state index contributed by atoms with van der Waals surface area (Å²) in [6.07, 6.45) is -4.75. The Hall–Kier alpha value is -2.62. The maximum absolute atomic E-state index is 13.6. The average molecular weight is 296 g/mol. The molecule has 0 spiro atoms. The first-order valence-corrected chi connectivity index (χ1v) is 5.75. The molecule has 7 heteroatoms. The second kappa shape index (κ2) is 5.79. The van der Waals surface area contributed by atoms with Gasteiger partial charge in [-0.2, -0.15) is 18.4 Å². The molecule has 0 saturated carbocycles. The summed E-state index contributed by atoms with van der Waals surface area (Å²) in [5.41, 5.74) is -0.251. The summed E-state index contributed by atoms with van der Waals surface area (Å²) in [6.45, 7) is 0. The van der Waals surface area contributed by atoms with Crippen molar-refractivity contribution in [3.8, 4) is 11.8 Å². The van der Waals surface area contributed by atoms with Crippen LogP contribution in [-0.2, 0) is 0 Å². The molecule has 0 amide bonds. The van der Waals surface area contributed by atoms with Crippen molar-refractivity contribution in [1.82, 2.24) is 4.98 Å². The molecule has 0 bridgehead atoms. The number of aromatic nitrogens is 1. The van der Waals surface area contributed by atoms with Crippen LogP contribution >= 0.6 is 0 Å². The highest BCUT2D eigenvalue weighted by Crippen LogP contribution is 2.37. The molecular formula is C14H8F4N2O. The molecule has 1 unspecified atom stereocenters. The molecular weight excluding hydrogens is 288 g/mol. The molecule has 3 nitrogen and oxygen atoms in total. The van der Waals surface area contributed by atoms with Crippen LogP contribution in [0.1, 0.15) is 17.2 Å². The molecule has 0 saturated heterocycles. The van der Waals surface area contributed by atoms with E-state index in [-0.39, 0.29) is 11.1 Å². The van der Waals surface area contributed by atoms with Gasteiger partial charge in [0.2, 0.25) is 6.10 Å². The zero-order chi connectivity index (χ0) is 15.5. The van der Waals surface area contributed by atoms with Crippen LogP contribution in [0, 0.1) is 17.1 Å². The van der Waals surface area contributed by atoms with Gasteiger partial charge in [-0.3, -0.25) is 4.98 Å². The van der Waals surface area contributed by atoms with Gasteiger partial charge >= 0.3 is 6.18 Å². The van der Waals surface area contributed by atoms with E-state index >= 15 is 0 Å². The number of nitrogens with zero attached hydrogens (tertiary/aromatic N) is 2. The second-order valence-electron chi connectivity index (χ2n) is 4.08. The van der Waals surface area contributed by atoms with Crippen LogP contribution < -0.4 is 4.74 Å². The number of hydrogen-bond donors (Lipinski definition) is 0. The van der Waals surface area contributed by atoms with Gasteiger partial charge in [-0.25, -0.2) is 4.39 Å². The SMILES string of the molecule is N#Cc1ccc(OC(c2cccnc2)C(F)(F)F)c(F)c1. The summed E-state index contributed by atoms with van der Waals surface area (Å²) >= 11 is 0. The summed E-state index contributed by atoms with van der Waals surface area (Å²) in [5, 5.41) is 8.60. The van der Waals surface area contributed by atoms with Crippen molar-refractivity contribution in [2.45, 2.75) is 12.3 Å². The largest absolute Gasteiger partial charge is 0.473 e. The zero-order valence-corrected chi connectivity index (χ0v) is 10.4. The van der Waals surface area contributed by atoms with Crippen molar-refractivity contribution in [1.29, 1.82) is 5.26 Å². The number of hydrogen-bond acceptors (Lipinski definition) is 3. The smallest absolute Gasteiger partial charge is 0.429 e. The molecule has 2 aromatic rings. The van der Waals surface area contributed by atoms with Crippen LogP contribution in [0.2, 0.25) is 0 Å². The molecule has 0 aliphatic rings. The highest BCUT2D eigenvalue weighted by molar-refractivity contribution is 5.36. The highest BCUT2D eigenvalue weighted by Gasteiger charge is 2.43. The van der Waals surface area contributed by atoms with Crippen LogP contribution in [0.3, 0.4) is 0 Å². The lowest BCUT2D eigenvalue weighted by Gasteiger charge is -2.22. The third kappa shape index (κ3) is 3.48. The Bertz CT molecular complexity index is 665. The zero-order valence-electron chi connectivity index (χ0n) is 10.4. The number of rotatable bonds is 3. The molecule has 108 valence electrons. The standard InChI is InChI=1S/C14H8F4N2O/c15-11-6-9(7-19)3-4-12(11)21-13(14(16,17)18)10-2-1-5-20-8-10/h1-6,8,13H. The maximum Gasteiger partial charge on any atom is 0.429 e. The van der Waals surface area contributed by atoms with Crippen LogP contribution in [-0.4, -0.2) is 11.2 Å². The van der Waals surface area contributed by atoms with Crippen molar-refractivity contribution >= 4 is 0 Å². The van der Waals surface area contributed by atoms with E-state index in [1.165, 1.54) is 24.4 Å². The van der Waals surface area contributed by atoms with Gasteiger partial charge in [0.25, 0.3) is 0 Å². The molecule has 0 radical (unpaired) electrons. The summed E-state index contributed by atoms with van der Waals surface area (Å²) < 4.78 is 57.5. The molecule has 2 rings (SSSR count). The molecule has 0 aliphatic heterocycles. The molecule has 21 heavy (non-hydrogen) atoms. The number of halogens is 4. The van der Waals surface area contributed by atoms with Gasteiger partial charge in [0.15, 0.2) is 11.6 Å². The Labute approximate surface area is 117 Å². The minimum absolute atomic E-state index is 0.00946. The van der Waals surface area contributed by atoms with Crippen LogP contribution in [0.5, 0.6) is 5.75 Å². The summed E-state index contributed by atoms with van der Waals surface area (Å²) in [6, 6.07) is 7.17. The summed E-state index contributed by atoms with van der Waals surface area (Å²) in [4.78, 5) is 3.59. The van der Waals surface area contributed by atoms with Gasteiger partial charge in [0.1, 0.15) is 0 Å². The van der Waals surface area contributed by atoms with Crippen molar-refractivity contribution < 1.29 is 22.3 Å². The Morgan fingerprint density at radius 3 is 2.52 bits per heavy atom. The van der Waals surface area contributed by atoms with E-state index in [0.717, 1.165) is 18.3 Å². The fourth-order valence-corrected chi connectivity index (χ4v) is 1.65. The van der Waals surface area contributed by atoms with Gasteiger partial charge in [0, 0.05) is 18.0 Å². The van der Waals surface area contributed by atoms with Gasteiger partial charge in [0.05, 0.1) is 11.6 Å². The van der Waals surface area contributed by atoms with E-state index in [4.69, 9.17) is 10.00 Å². The topological polar surface area (TPSA) is 45.9 Å². The van der Waals surface area contributed by atoms with Gasteiger partial charge in [-0.1, -0.05) is 6.07 Å². The predicted octanol–water partition coefficient (Wildman–Crippen LogP) is 3.77. The fourth-order valence-electron chi connectivity index (χ4n) is 1.65. The number of alkyl halides is 3. The normalized spacial score (nSPS) is 12.5. The van der Waals surface area contributed by atoms with Crippen molar-refractivity contribution in [2.75, 3.05) is 0 Å². The van der Waals surface area contributed by atoms with Crippen molar-refractivity contribution in [3.05, 3.63) is 59.7 Å². The average Bonchev–Trinajstić information content (AvgIpc) is 2.45. The van der Waals surface area contributed by atoms with E-state index in [1.807, 2.05) is 0 Å². The van der Waals surface area contributed by atoms with Crippen LogP contribution in [0.25, 0.3) is 0 Å². The maximum atomic E-state index is 13.6. The minimum Gasteiger partial charge on any atom is -0.473 e. The Morgan fingerprint density at radius 2 is 2.00 bits per heavy atom. The lowest BCUT2D eigenvalue weighted by atomic mass is 10.1. The van der Waals surface area contributed by atoms with Gasteiger partial charge in [-0.15, -0.1) is 0 Å². The first kappa shape index (κ1) is 14.8. The van der Waals surface area contributed by atoms with Crippen molar-refractivity contribution in [3.63, 3.8) is 0 Å². The van der Waals surface area contributed by atoms with E-state index < -0.39 is 23.8 Å². The fraction of sp³-hybridized carbons (Fsp3) is 0.143. The predicted molar refractivity (Wildman–Crippen MR) is 64.8 cm³/mol. The molecule has 1 heterocycles. The van der Waals surface area contributed by atoms with E-state index in [0.29, 0.717) is 0 Å². The first-order chi connectivity index (χ1) is 9.91. The molecule has 0 aliphatic carbocycles. The monoisotopic (exact) mass is 296 g/mol. The summed E-state index contributed by atoms with van der Waals surface area (Å²) in [5.74, 6) is -1.62. The van der Waals surface area contributed by atoms with Gasteiger partial charge in [-0.05, 0) is 24.3 Å². The Kier molecular flexibility index (Phi) is 4.08. The third-order valence-electron chi connectivity index (χ3n) is 2.59. The Morgan fingerprint density at radius 1 is 1.24 bits per heavy atom. The van der Waals surface area contributed by atoms with Gasteiger partial charge < -0.3 is 4.74 Å². The molecule has 0 fully saturated rings. The number of nitriles is 1. The number of ether oxygens (including phenoxy) is 1. The van der Waals surface area contributed by atoms with Crippen molar-refractivity contribution in [2.24, 2.45) is 0 Å². The number of benzene rings is 1. The molecule has 0 N–H and O–H groups in total. The molecule has 1 aromatic heterocycles.